The average molecular weight is 286 g/mol. The minimum atomic E-state index is -1.11. The van der Waals surface area contributed by atoms with E-state index in [4.69, 9.17) is 4.74 Å². The highest BCUT2D eigenvalue weighted by Crippen LogP contribution is 2.30. The second kappa shape index (κ2) is 5.56. The Morgan fingerprint density at radius 1 is 1.37 bits per heavy atom. The van der Waals surface area contributed by atoms with Gasteiger partial charge in [0, 0.05) is 0 Å². The standard InChI is InChI=1S/C12H18N2O4S/c1-6(2)8-7(10(15)16)9(19-14-8)13-11(17)18-12(3,4)5/h6H,1-5H3,(H,13,17)(H,15,16). The van der Waals surface area contributed by atoms with E-state index in [-0.39, 0.29) is 16.5 Å². The number of rotatable bonds is 3. The molecule has 0 aliphatic heterocycles. The lowest BCUT2D eigenvalue weighted by Gasteiger charge is -2.19. The molecule has 2 N–H and O–H groups in total. The fourth-order valence-electron chi connectivity index (χ4n) is 1.38. The summed E-state index contributed by atoms with van der Waals surface area (Å²) in [6.45, 7) is 8.89. The number of carbonyl (C=O) groups is 2. The van der Waals surface area contributed by atoms with E-state index >= 15 is 0 Å². The van der Waals surface area contributed by atoms with Crippen molar-refractivity contribution >= 4 is 28.6 Å². The maximum absolute atomic E-state index is 11.6. The summed E-state index contributed by atoms with van der Waals surface area (Å²) in [5.74, 6) is -1.14. The van der Waals surface area contributed by atoms with Crippen molar-refractivity contribution in [2.45, 2.75) is 46.1 Å². The lowest BCUT2D eigenvalue weighted by molar-refractivity contribution is 0.0636. The van der Waals surface area contributed by atoms with E-state index in [9.17, 15) is 14.7 Å². The summed E-state index contributed by atoms with van der Waals surface area (Å²) < 4.78 is 9.16. The van der Waals surface area contributed by atoms with Crippen molar-refractivity contribution in [1.29, 1.82) is 0 Å². The summed E-state index contributed by atoms with van der Waals surface area (Å²) in [5.41, 5.74) is -0.145. The zero-order valence-electron chi connectivity index (χ0n) is 11.6. The Balaban J connectivity index is 2.96. The van der Waals surface area contributed by atoms with Gasteiger partial charge in [-0.1, -0.05) is 13.8 Å². The van der Waals surface area contributed by atoms with Crippen molar-refractivity contribution in [1.82, 2.24) is 4.37 Å². The first-order valence-electron chi connectivity index (χ1n) is 5.84. The number of amides is 1. The minimum Gasteiger partial charge on any atom is -0.478 e. The highest BCUT2D eigenvalue weighted by Gasteiger charge is 2.25. The molecule has 7 heteroatoms. The molecule has 1 aromatic heterocycles. The molecular weight excluding hydrogens is 268 g/mol. The van der Waals surface area contributed by atoms with Crippen molar-refractivity contribution < 1.29 is 19.4 Å². The lowest BCUT2D eigenvalue weighted by Crippen LogP contribution is -2.27. The van der Waals surface area contributed by atoms with Crippen molar-refractivity contribution in [2.75, 3.05) is 5.32 Å². The number of ether oxygens (including phenoxy) is 1. The Kier molecular flexibility index (Phi) is 4.52. The van der Waals surface area contributed by atoms with Gasteiger partial charge in [-0.25, -0.2) is 9.59 Å². The van der Waals surface area contributed by atoms with Crippen molar-refractivity contribution in [3.63, 3.8) is 0 Å². The summed E-state index contributed by atoms with van der Waals surface area (Å²) in [6.07, 6.45) is -0.686. The van der Waals surface area contributed by atoms with Crippen LogP contribution in [0.3, 0.4) is 0 Å². The van der Waals surface area contributed by atoms with E-state index in [0.29, 0.717) is 5.69 Å². The molecule has 6 nitrogen and oxygen atoms in total. The average Bonchev–Trinajstić information content (AvgIpc) is 2.57. The number of nitrogens with one attached hydrogen (secondary N) is 1. The molecule has 1 rings (SSSR count). The Bertz CT molecular complexity index is 488. The molecular formula is C12H18N2O4S. The van der Waals surface area contributed by atoms with Gasteiger partial charge in [-0.2, -0.15) is 4.37 Å². The van der Waals surface area contributed by atoms with Crippen molar-refractivity contribution in [3.05, 3.63) is 11.3 Å². The largest absolute Gasteiger partial charge is 0.478 e. The van der Waals surface area contributed by atoms with Gasteiger partial charge in [-0.3, -0.25) is 5.32 Å². The number of carboxylic acids is 1. The van der Waals surface area contributed by atoms with Crippen LogP contribution in [0.4, 0.5) is 9.80 Å². The van der Waals surface area contributed by atoms with Crippen LogP contribution in [-0.4, -0.2) is 27.1 Å². The van der Waals surface area contributed by atoms with Crippen molar-refractivity contribution in [2.24, 2.45) is 0 Å². The van der Waals surface area contributed by atoms with Crippen LogP contribution < -0.4 is 5.32 Å². The maximum Gasteiger partial charge on any atom is 0.412 e. The van der Waals surface area contributed by atoms with E-state index in [1.165, 1.54) is 0 Å². The number of hydrogen-bond donors (Lipinski definition) is 2. The number of nitrogens with zero attached hydrogens (tertiary/aromatic N) is 1. The molecule has 0 bridgehead atoms. The molecule has 1 amide bonds. The smallest absolute Gasteiger partial charge is 0.412 e. The maximum atomic E-state index is 11.6. The highest BCUT2D eigenvalue weighted by molar-refractivity contribution is 7.11. The van der Waals surface area contributed by atoms with Crippen LogP contribution in [0.1, 0.15) is 56.6 Å². The van der Waals surface area contributed by atoms with Crippen LogP contribution in [0.15, 0.2) is 0 Å². The third-order valence-corrected chi connectivity index (χ3v) is 2.87. The second-order valence-corrected chi connectivity index (χ2v) is 6.13. The topological polar surface area (TPSA) is 88.5 Å². The molecule has 0 aliphatic carbocycles. The molecule has 0 radical (unpaired) electrons. The van der Waals surface area contributed by atoms with Gasteiger partial charge < -0.3 is 9.84 Å². The molecule has 0 unspecified atom stereocenters. The molecule has 0 fully saturated rings. The van der Waals surface area contributed by atoms with Crippen LogP contribution >= 0.6 is 11.5 Å². The number of aromatic nitrogens is 1. The fraction of sp³-hybridized carbons (Fsp3) is 0.583. The third-order valence-electron chi connectivity index (χ3n) is 2.09. The summed E-state index contributed by atoms with van der Waals surface area (Å²) >= 11 is 0.944. The van der Waals surface area contributed by atoms with Gasteiger partial charge in [0.25, 0.3) is 0 Å². The molecule has 106 valence electrons. The molecule has 0 saturated carbocycles. The molecule has 1 heterocycles. The summed E-state index contributed by atoms with van der Waals surface area (Å²) in [7, 11) is 0. The normalized spacial score (nSPS) is 11.5. The van der Waals surface area contributed by atoms with Gasteiger partial charge in [0.15, 0.2) is 0 Å². The predicted molar refractivity (Wildman–Crippen MR) is 73.0 cm³/mol. The Hall–Kier alpha value is -1.63. The Morgan fingerprint density at radius 3 is 2.37 bits per heavy atom. The van der Waals surface area contributed by atoms with Crippen molar-refractivity contribution in [3.8, 4) is 0 Å². The number of carbonyl (C=O) groups excluding carboxylic acids is 1. The highest BCUT2D eigenvalue weighted by atomic mass is 32.1. The molecule has 0 atom stereocenters. The van der Waals surface area contributed by atoms with E-state index in [1.54, 1.807) is 20.8 Å². The van der Waals surface area contributed by atoms with Gasteiger partial charge in [-0.05, 0) is 38.2 Å². The van der Waals surface area contributed by atoms with Gasteiger partial charge >= 0.3 is 12.1 Å². The number of anilines is 1. The van der Waals surface area contributed by atoms with Crippen LogP contribution in [0.25, 0.3) is 0 Å². The molecule has 0 aromatic carbocycles. The third kappa shape index (κ3) is 4.20. The lowest BCUT2D eigenvalue weighted by atomic mass is 10.1. The molecule has 19 heavy (non-hydrogen) atoms. The molecule has 0 saturated heterocycles. The minimum absolute atomic E-state index is 0.0310. The van der Waals surface area contributed by atoms with Gasteiger partial charge in [0.1, 0.15) is 16.2 Å². The zero-order valence-corrected chi connectivity index (χ0v) is 12.4. The Labute approximate surface area is 115 Å². The van der Waals surface area contributed by atoms with Gasteiger partial charge in [0.05, 0.1) is 5.69 Å². The van der Waals surface area contributed by atoms with Gasteiger partial charge in [0.2, 0.25) is 0 Å². The summed E-state index contributed by atoms with van der Waals surface area (Å²) in [4.78, 5) is 22.9. The quantitative estimate of drug-likeness (QED) is 0.889. The van der Waals surface area contributed by atoms with E-state index in [1.807, 2.05) is 13.8 Å². The molecule has 0 spiro atoms. The van der Waals surface area contributed by atoms with Crippen LogP contribution in [0.5, 0.6) is 0 Å². The van der Waals surface area contributed by atoms with Crippen LogP contribution in [0.2, 0.25) is 0 Å². The monoisotopic (exact) mass is 286 g/mol. The second-order valence-electron chi connectivity index (χ2n) is 5.36. The molecule has 0 aliphatic rings. The van der Waals surface area contributed by atoms with E-state index in [2.05, 4.69) is 9.69 Å². The summed E-state index contributed by atoms with van der Waals surface area (Å²) in [5, 5.41) is 11.8. The van der Waals surface area contributed by atoms with Crippen LogP contribution in [0, 0.1) is 0 Å². The van der Waals surface area contributed by atoms with E-state index in [0.717, 1.165) is 11.5 Å². The van der Waals surface area contributed by atoms with Gasteiger partial charge in [-0.15, -0.1) is 0 Å². The summed E-state index contributed by atoms with van der Waals surface area (Å²) in [6, 6.07) is 0. The first-order chi connectivity index (χ1) is 8.61. The Morgan fingerprint density at radius 2 is 1.95 bits per heavy atom. The molecule has 1 aromatic rings. The zero-order chi connectivity index (χ0) is 14.8. The van der Waals surface area contributed by atoms with E-state index < -0.39 is 17.7 Å². The number of hydrogen-bond acceptors (Lipinski definition) is 5. The first kappa shape index (κ1) is 15.4. The predicted octanol–water partition coefficient (Wildman–Crippen LogP) is 3.31. The fourth-order valence-corrected chi connectivity index (χ4v) is 2.29. The first-order valence-corrected chi connectivity index (χ1v) is 6.62. The number of carboxylic acid groups (broad SMARTS) is 1. The SMILES string of the molecule is CC(C)c1nsc(NC(=O)OC(C)(C)C)c1C(=O)O. The van der Waals surface area contributed by atoms with Crippen LogP contribution in [-0.2, 0) is 4.74 Å². The number of aromatic carboxylic acids is 1.